The first-order chi connectivity index (χ1) is 13.2. The number of piperidine rings is 1. The van der Waals surface area contributed by atoms with Gasteiger partial charge in [-0.3, -0.25) is 9.59 Å². The van der Waals surface area contributed by atoms with Crippen molar-refractivity contribution in [3.8, 4) is 5.69 Å². The van der Waals surface area contributed by atoms with Gasteiger partial charge in [-0.15, -0.1) is 0 Å². The third-order valence-corrected chi connectivity index (χ3v) is 4.92. The Hall–Kier alpha value is -2.63. The van der Waals surface area contributed by atoms with Gasteiger partial charge in [0.15, 0.2) is 0 Å². The molecule has 27 heavy (non-hydrogen) atoms. The summed E-state index contributed by atoms with van der Waals surface area (Å²) in [7, 11) is 0. The Morgan fingerprint density at radius 1 is 1.22 bits per heavy atom. The number of carbonyl (C=O) groups excluding carboxylic acids is 2. The largest absolute Gasteiger partial charge is 0.466 e. The van der Waals surface area contributed by atoms with Crippen molar-refractivity contribution in [1.82, 2.24) is 14.7 Å². The van der Waals surface area contributed by atoms with Crippen molar-refractivity contribution in [3.63, 3.8) is 0 Å². The molecule has 0 spiro atoms. The molecule has 0 saturated carbocycles. The standard InChI is InChI=1S/C21H27N3O3/c1-3-9-19-18(14-22-24(19)17-11-6-5-7-12-17)20(25)23-13-8-10-16(15-23)21(26)27-4-2/h5-7,11-12,14,16H,3-4,8-10,13,15H2,1-2H3. The van der Waals surface area contributed by atoms with Crippen LogP contribution in [-0.4, -0.2) is 46.3 Å². The lowest BCUT2D eigenvalue weighted by atomic mass is 9.97. The molecule has 2 aromatic rings. The van der Waals surface area contributed by atoms with Crippen LogP contribution in [-0.2, 0) is 16.0 Å². The van der Waals surface area contributed by atoms with Gasteiger partial charge in [-0.25, -0.2) is 4.68 Å². The second-order valence-electron chi connectivity index (χ2n) is 6.84. The summed E-state index contributed by atoms with van der Waals surface area (Å²) < 4.78 is 7.00. The van der Waals surface area contributed by atoms with E-state index >= 15 is 0 Å². The van der Waals surface area contributed by atoms with E-state index in [-0.39, 0.29) is 17.8 Å². The fourth-order valence-corrected chi connectivity index (χ4v) is 3.61. The second-order valence-corrected chi connectivity index (χ2v) is 6.84. The summed E-state index contributed by atoms with van der Waals surface area (Å²) in [6.07, 6.45) is 4.93. The molecule has 1 atom stereocenters. The highest BCUT2D eigenvalue weighted by atomic mass is 16.5. The Bertz CT molecular complexity index is 785. The second kappa shape index (κ2) is 8.84. The van der Waals surface area contributed by atoms with Gasteiger partial charge in [0.2, 0.25) is 0 Å². The summed E-state index contributed by atoms with van der Waals surface area (Å²) in [5, 5.41) is 4.48. The van der Waals surface area contributed by atoms with E-state index in [0.717, 1.165) is 37.1 Å². The van der Waals surface area contributed by atoms with Crippen molar-refractivity contribution in [2.75, 3.05) is 19.7 Å². The number of benzene rings is 1. The van der Waals surface area contributed by atoms with Crippen molar-refractivity contribution in [2.24, 2.45) is 5.92 Å². The molecule has 0 radical (unpaired) electrons. The SMILES string of the molecule is CCCc1c(C(=O)N2CCCC(C(=O)OCC)C2)cnn1-c1ccccc1. The highest BCUT2D eigenvalue weighted by molar-refractivity contribution is 5.95. The molecule has 1 saturated heterocycles. The van der Waals surface area contributed by atoms with E-state index < -0.39 is 0 Å². The topological polar surface area (TPSA) is 64.4 Å². The molecular weight excluding hydrogens is 342 g/mol. The first kappa shape index (κ1) is 19.1. The average Bonchev–Trinajstić information content (AvgIpc) is 3.12. The molecule has 3 rings (SSSR count). The summed E-state index contributed by atoms with van der Waals surface area (Å²) >= 11 is 0. The lowest BCUT2D eigenvalue weighted by Gasteiger charge is -2.31. The third-order valence-electron chi connectivity index (χ3n) is 4.92. The molecule has 1 aliphatic rings. The molecule has 6 heteroatoms. The first-order valence-corrected chi connectivity index (χ1v) is 9.73. The Kier molecular flexibility index (Phi) is 6.27. The molecule has 2 heterocycles. The number of likely N-dealkylation sites (tertiary alicyclic amines) is 1. The van der Waals surface area contributed by atoms with E-state index in [1.165, 1.54) is 0 Å². The maximum absolute atomic E-state index is 13.2. The number of carbonyl (C=O) groups is 2. The Morgan fingerprint density at radius 3 is 2.70 bits per heavy atom. The first-order valence-electron chi connectivity index (χ1n) is 9.73. The monoisotopic (exact) mass is 369 g/mol. The fraction of sp³-hybridized carbons (Fsp3) is 0.476. The molecule has 0 aliphatic carbocycles. The molecule has 1 unspecified atom stereocenters. The zero-order valence-corrected chi connectivity index (χ0v) is 16.1. The van der Waals surface area contributed by atoms with Crippen molar-refractivity contribution in [1.29, 1.82) is 0 Å². The number of amides is 1. The minimum Gasteiger partial charge on any atom is -0.466 e. The van der Waals surface area contributed by atoms with E-state index in [1.807, 2.05) is 35.0 Å². The van der Waals surface area contributed by atoms with Crippen LogP contribution in [0.3, 0.4) is 0 Å². The van der Waals surface area contributed by atoms with Gasteiger partial charge in [-0.2, -0.15) is 5.10 Å². The van der Waals surface area contributed by atoms with Crippen LogP contribution in [0, 0.1) is 5.92 Å². The van der Waals surface area contributed by atoms with Crippen molar-refractivity contribution < 1.29 is 14.3 Å². The van der Waals surface area contributed by atoms with Gasteiger partial charge in [-0.05, 0) is 38.3 Å². The number of ether oxygens (including phenoxy) is 1. The van der Waals surface area contributed by atoms with Crippen LogP contribution in [0.2, 0.25) is 0 Å². The number of aromatic nitrogens is 2. The lowest BCUT2D eigenvalue weighted by Crippen LogP contribution is -2.43. The molecule has 1 aromatic heterocycles. The normalized spacial score (nSPS) is 17.0. The van der Waals surface area contributed by atoms with Gasteiger partial charge in [0.1, 0.15) is 0 Å². The maximum Gasteiger partial charge on any atom is 0.310 e. The molecule has 0 N–H and O–H groups in total. The number of hydrogen-bond acceptors (Lipinski definition) is 4. The predicted molar refractivity (Wildman–Crippen MR) is 103 cm³/mol. The zero-order valence-electron chi connectivity index (χ0n) is 16.1. The summed E-state index contributed by atoms with van der Waals surface area (Å²) in [6, 6.07) is 9.85. The van der Waals surface area contributed by atoms with Crippen LogP contribution >= 0.6 is 0 Å². The highest BCUT2D eigenvalue weighted by Gasteiger charge is 2.31. The number of nitrogens with zero attached hydrogens (tertiary/aromatic N) is 3. The fourth-order valence-electron chi connectivity index (χ4n) is 3.61. The van der Waals surface area contributed by atoms with Crippen LogP contribution in [0.5, 0.6) is 0 Å². The highest BCUT2D eigenvalue weighted by Crippen LogP contribution is 2.23. The van der Waals surface area contributed by atoms with Gasteiger partial charge in [0.05, 0.1) is 35.7 Å². The number of para-hydroxylation sites is 1. The van der Waals surface area contributed by atoms with Gasteiger partial charge >= 0.3 is 5.97 Å². The van der Waals surface area contributed by atoms with Crippen LogP contribution in [0.4, 0.5) is 0 Å². The molecule has 1 aromatic carbocycles. The summed E-state index contributed by atoms with van der Waals surface area (Å²) in [4.78, 5) is 27.0. The molecule has 6 nitrogen and oxygen atoms in total. The maximum atomic E-state index is 13.2. The minimum absolute atomic E-state index is 0.0466. The smallest absolute Gasteiger partial charge is 0.310 e. The van der Waals surface area contributed by atoms with E-state index in [9.17, 15) is 9.59 Å². The molecular formula is C21H27N3O3. The number of esters is 1. The predicted octanol–water partition coefficient (Wildman–Crippen LogP) is 3.24. The van der Waals surface area contributed by atoms with Crippen molar-refractivity contribution in [2.45, 2.75) is 39.5 Å². The Labute approximate surface area is 160 Å². The third kappa shape index (κ3) is 4.21. The van der Waals surface area contributed by atoms with E-state index in [0.29, 0.717) is 25.3 Å². The molecule has 1 amide bonds. The van der Waals surface area contributed by atoms with Crippen LogP contribution in [0.15, 0.2) is 36.5 Å². The summed E-state index contributed by atoms with van der Waals surface area (Å²) in [5.74, 6) is -0.486. The van der Waals surface area contributed by atoms with Gasteiger partial charge in [-0.1, -0.05) is 31.5 Å². The van der Waals surface area contributed by atoms with E-state index in [2.05, 4.69) is 12.0 Å². The Balaban J connectivity index is 1.84. The van der Waals surface area contributed by atoms with Crippen molar-refractivity contribution in [3.05, 3.63) is 47.8 Å². The van der Waals surface area contributed by atoms with Crippen LogP contribution in [0.1, 0.15) is 49.2 Å². The lowest BCUT2D eigenvalue weighted by molar-refractivity contribution is -0.149. The molecule has 0 bridgehead atoms. The molecule has 1 fully saturated rings. The van der Waals surface area contributed by atoms with Gasteiger partial charge in [0, 0.05) is 13.1 Å². The van der Waals surface area contributed by atoms with E-state index in [4.69, 9.17) is 4.74 Å². The van der Waals surface area contributed by atoms with Crippen LogP contribution < -0.4 is 0 Å². The summed E-state index contributed by atoms with van der Waals surface area (Å²) in [5.41, 5.74) is 2.50. The number of hydrogen-bond donors (Lipinski definition) is 0. The number of rotatable bonds is 6. The molecule has 144 valence electrons. The summed E-state index contributed by atoms with van der Waals surface area (Å²) in [6.45, 7) is 5.34. The zero-order chi connectivity index (χ0) is 19.2. The van der Waals surface area contributed by atoms with Gasteiger partial charge < -0.3 is 9.64 Å². The average molecular weight is 369 g/mol. The van der Waals surface area contributed by atoms with Crippen LogP contribution in [0.25, 0.3) is 5.69 Å². The van der Waals surface area contributed by atoms with E-state index in [1.54, 1.807) is 18.0 Å². The minimum atomic E-state index is -0.235. The van der Waals surface area contributed by atoms with Gasteiger partial charge in [0.25, 0.3) is 5.91 Å². The quantitative estimate of drug-likeness (QED) is 0.733. The Morgan fingerprint density at radius 2 is 2.00 bits per heavy atom. The van der Waals surface area contributed by atoms with Crippen molar-refractivity contribution >= 4 is 11.9 Å². The molecule has 1 aliphatic heterocycles.